The summed E-state index contributed by atoms with van der Waals surface area (Å²) in [6.45, 7) is 3.69. The Morgan fingerprint density at radius 1 is 1.10 bits per heavy atom. The smallest absolute Gasteiger partial charge is 0.278 e. The van der Waals surface area contributed by atoms with Crippen molar-refractivity contribution in [2.45, 2.75) is 26.2 Å². The van der Waals surface area contributed by atoms with Gasteiger partial charge in [0, 0.05) is 5.56 Å². The zero-order valence-corrected chi connectivity index (χ0v) is 16.0. The third kappa shape index (κ3) is 3.52. The van der Waals surface area contributed by atoms with E-state index < -0.39 is 0 Å². The quantitative estimate of drug-likeness (QED) is 0.508. The minimum absolute atomic E-state index is 0.0176. The molecule has 0 spiro atoms. The molecule has 0 bridgehead atoms. The second-order valence-corrected chi connectivity index (χ2v) is 6.80. The second-order valence-electron chi connectivity index (χ2n) is 6.80. The van der Waals surface area contributed by atoms with Crippen LogP contribution >= 0.6 is 0 Å². The molecule has 146 valence electrons. The van der Waals surface area contributed by atoms with Crippen molar-refractivity contribution in [3.8, 4) is 28.7 Å². The highest BCUT2D eigenvalue weighted by atomic mass is 16.5. The van der Waals surface area contributed by atoms with E-state index in [9.17, 15) is 0 Å². The van der Waals surface area contributed by atoms with Crippen molar-refractivity contribution in [1.82, 2.24) is 19.9 Å². The van der Waals surface area contributed by atoms with Gasteiger partial charge in [-0.3, -0.25) is 4.68 Å². The number of fused-ring (bicyclic) bond motifs is 1. The third-order valence-corrected chi connectivity index (χ3v) is 4.85. The van der Waals surface area contributed by atoms with Gasteiger partial charge >= 0.3 is 0 Å². The zero-order chi connectivity index (χ0) is 19.6. The van der Waals surface area contributed by atoms with Crippen LogP contribution in [0.15, 0.2) is 65.2 Å². The number of rotatable bonds is 5. The summed E-state index contributed by atoms with van der Waals surface area (Å²) in [5, 5.41) is 8.78. The first-order valence-electron chi connectivity index (χ1n) is 9.61. The molecule has 1 atom stereocenters. The van der Waals surface area contributed by atoms with Crippen LogP contribution in [0.25, 0.3) is 23.0 Å². The van der Waals surface area contributed by atoms with E-state index in [2.05, 4.69) is 27.4 Å². The summed E-state index contributed by atoms with van der Waals surface area (Å²) >= 11 is 0. The van der Waals surface area contributed by atoms with Crippen LogP contribution in [0.3, 0.4) is 0 Å². The normalized spacial score (nSPS) is 15.8. The molecule has 0 fully saturated rings. The largest absolute Gasteiger partial charge is 0.494 e. The molecule has 2 aromatic heterocycles. The lowest BCUT2D eigenvalue weighted by molar-refractivity contribution is -0.00113. The number of hydrogen-bond donors (Lipinski definition) is 0. The van der Waals surface area contributed by atoms with Crippen molar-refractivity contribution >= 4 is 0 Å². The Labute approximate surface area is 167 Å². The van der Waals surface area contributed by atoms with E-state index in [0.29, 0.717) is 37.2 Å². The van der Waals surface area contributed by atoms with Gasteiger partial charge in [-0.2, -0.15) is 10.1 Å². The highest BCUT2D eigenvalue weighted by Crippen LogP contribution is 2.29. The van der Waals surface area contributed by atoms with Gasteiger partial charge in [0.25, 0.3) is 5.89 Å². The summed E-state index contributed by atoms with van der Waals surface area (Å²) in [5.41, 5.74) is 3.62. The summed E-state index contributed by atoms with van der Waals surface area (Å²) in [6, 6.07) is 19.7. The topological polar surface area (TPSA) is 75.2 Å². The van der Waals surface area contributed by atoms with Gasteiger partial charge in [0.05, 0.1) is 25.5 Å². The van der Waals surface area contributed by atoms with Crippen molar-refractivity contribution in [3.63, 3.8) is 0 Å². The van der Waals surface area contributed by atoms with Gasteiger partial charge in [-0.25, -0.2) is 0 Å². The number of ether oxygens (including phenoxy) is 2. The molecule has 0 saturated heterocycles. The maximum absolute atomic E-state index is 6.01. The Morgan fingerprint density at radius 2 is 2.00 bits per heavy atom. The van der Waals surface area contributed by atoms with Crippen LogP contribution in [0, 0.1) is 0 Å². The molecule has 0 aliphatic carbocycles. The van der Waals surface area contributed by atoms with E-state index in [1.54, 1.807) is 0 Å². The molecule has 29 heavy (non-hydrogen) atoms. The van der Waals surface area contributed by atoms with Gasteiger partial charge < -0.3 is 14.0 Å². The Morgan fingerprint density at radius 3 is 2.86 bits per heavy atom. The summed E-state index contributed by atoms with van der Waals surface area (Å²) < 4.78 is 19.0. The molecule has 0 saturated carbocycles. The molecular formula is C22H20N4O3. The minimum atomic E-state index is -0.0176. The summed E-state index contributed by atoms with van der Waals surface area (Å²) in [7, 11) is 0. The molecule has 0 radical (unpaired) electrons. The first-order chi connectivity index (χ1) is 14.3. The number of aromatic nitrogens is 4. The van der Waals surface area contributed by atoms with Gasteiger partial charge in [-0.1, -0.05) is 47.6 Å². The maximum Gasteiger partial charge on any atom is 0.278 e. The van der Waals surface area contributed by atoms with Crippen LogP contribution in [-0.4, -0.2) is 26.5 Å². The average molecular weight is 388 g/mol. The van der Waals surface area contributed by atoms with Gasteiger partial charge in [0.1, 0.15) is 11.9 Å². The Bertz CT molecular complexity index is 1120. The predicted molar refractivity (Wildman–Crippen MR) is 106 cm³/mol. The molecule has 0 N–H and O–H groups in total. The molecular weight excluding hydrogens is 368 g/mol. The number of benzene rings is 2. The average Bonchev–Trinajstić information content (AvgIpc) is 3.41. The molecule has 1 aliphatic rings. The minimum Gasteiger partial charge on any atom is -0.494 e. The molecule has 0 unspecified atom stereocenters. The summed E-state index contributed by atoms with van der Waals surface area (Å²) in [4.78, 5) is 4.52. The highest BCUT2D eigenvalue weighted by molar-refractivity contribution is 5.59. The van der Waals surface area contributed by atoms with E-state index in [-0.39, 0.29) is 6.10 Å². The Balaban J connectivity index is 1.38. The fraction of sp³-hybridized carbons (Fsp3) is 0.227. The van der Waals surface area contributed by atoms with Gasteiger partial charge in [0.2, 0.25) is 5.82 Å². The molecule has 5 rings (SSSR count). The van der Waals surface area contributed by atoms with E-state index in [0.717, 1.165) is 22.6 Å². The SMILES string of the molecule is CCOc1cccc(-c2noc(-c3cc4n(n3)C[C@@H](c3ccccc3)OC4)n2)c1. The molecule has 7 nitrogen and oxygen atoms in total. The van der Waals surface area contributed by atoms with Gasteiger partial charge in [-0.15, -0.1) is 0 Å². The first kappa shape index (κ1) is 17.6. The van der Waals surface area contributed by atoms with Crippen molar-refractivity contribution in [3.05, 3.63) is 71.9 Å². The lowest BCUT2D eigenvalue weighted by Crippen LogP contribution is -2.21. The van der Waals surface area contributed by atoms with Gasteiger partial charge in [0.15, 0.2) is 5.69 Å². The van der Waals surface area contributed by atoms with Crippen molar-refractivity contribution in [2.24, 2.45) is 0 Å². The standard InChI is InChI=1S/C22H20N4O3/c1-2-27-18-10-6-9-16(11-18)21-23-22(29-25-21)19-12-17-14-28-20(13-26(17)24-19)15-7-4-3-5-8-15/h3-12,20H,2,13-14H2,1H3/t20-/m0/s1. The van der Waals surface area contributed by atoms with Crippen molar-refractivity contribution in [1.29, 1.82) is 0 Å². The maximum atomic E-state index is 6.01. The van der Waals surface area contributed by atoms with E-state index >= 15 is 0 Å². The van der Waals surface area contributed by atoms with E-state index in [1.807, 2.05) is 60.1 Å². The molecule has 3 heterocycles. The zero-order valence-electron chi connectivity index (χ0n) is 16.0. The molecule has 2 aromatic carbocycles. The fourth-order valence-electron chi connectivity index (χ4n) is 3.44. The lowest BCUT2D eigenvalue weighted by Gasteiger charge is -2.24. The van der Waals surface area contributed by atoms with Crippen LogP contribution in [0.4, 0.5) is 0 Å². The summed E-state index contributed by atoms with van der Waals surface area (Å²) in [5.74, 6) is 1.67. The van der Waals surface area contributed by atoms with Crippen LogP contribution in [0.2, 0.25) is 0 Å². The summed E-state index contributed by atoms with van der Waals surface area (Å²) in [6.07, 6.45) is -0.0176. The van der Waals surface area contributed by atoms with Crippen LogP contribution in [-0.2, 0) is 17.9 Å². The molecule has 1 aliphatic heterocycles. The van der Waals surface area contributed by atoms with Crippen LogP contribution in [0.5, 0.6) is 5.75 Å². The van der Waals surface area contributed by atoms with Crippen molar-refractivity contribution < 1.29 is 14.0 Å². The van der Waals surface area contributed by atoms with E-state index in [1.165, 1.54) is 0 Å². The molecule has 0 amide bonds. The second kappa shape index (κ2) is 7.52. The third-order valence-electron chi connectivity index (χ3n) is 4.85. The first-order valence-corrected chi connectivity index (χ1v) is 9.61. The molecule has 7 heteroatoms. The number of nitrogens with zero attached hydrogens (tertiary/aromatic N) is 4. The van der Waals surface area contributed by atoms with E-state index in [4.69, 9.17) is 14.0 Å². The monoisotopic (exact) mass is 388 g/mol. The highest BCUT2D eigenvalue weighted by Gasteiger charge is 2.24. The fourth-order valence-corrected chi connectivity index (χ4v) is 3.44. The predicted octanol–water partition coefficient (Wildman–Crippen LogP) is 4.27. The molecule has 4 aromatic rings. The van der Waals surface area contributed by atoms with Crippen LogP contribution in [0.1, 0.15) is 24.3 Å². The Kier molecular flexibility index (Phi) is 4.57. The number of hydrogen-bond acceptors (Lipinski definition) is 6. The lowest BCUT2D eigenvalue weighted by atomic mass is 10.1. The van der Waals surface area contributed by atoms with Crippen molar-refractivity contribution in [2.75, 3.05) is 6.61 Å². The Hall–Kier alpha value is -3.45. The van der Waals surface area contributed by atoms with Gasteiger partial charge in [-0.05, 0) is 30.7 Å². The van der Waals surface area contributed by atoms with Crippen LogP contribution < -0.4 is 4.74 Å².